The van der Waals surface area contributed by atoms with E-state index in [-0.39, 0.29) is 18.3 Å². The molecule has 6 nitrogen and oxygen atoms in total. The van der Waals surface area contributed by atoms with Crippen LogP contribution >= 0.6 is 0 Å². The van der Waals surface area contributed by atoms with E-state index in [0.29, 0.717) is 6.54 Å². The average molecular weight is 327 g/mol. The molecule has 0 spiro atoms. The number of aromatic nitrogens is 2. The zero-order chi connectivity index (χ0) is 16.7. The fraction of sp³-hybridized carbons (Fsp3) is 0.444. The fourth-order valence-corrected chi connectivity index (χ4v) is 3.26. The number of hydrogen-bond acceptors (Lipinski definition) is 5. The molecule has 6 heteroatoms. The highest BCUT2D eigenvalue weighted by Crippen LogP contribution is 2.36. The predicted molar refractivity (Wildman–Crippen MR) is 89.3 cm³/mol. The van der Waals surface area contributed by atoms with Gasteiger partial charge in [-0.15, -0.1) is 0 Å². The maximum Gasteiger partial charge on any atom is 0.255 e. The first-order valence-corrected chi connectivity index (χ1v) is 8.33. The summed E-state index contributed by atoms with van der Waals surface area (Å²) >= 11 is 0. The van der Waals surface area contributed by atoms with Crippen molar-refractivity contribution in [2.45, 2.75) is 39.3 Å². The molecule has 1 aromatic heterocycles. The third kappa shape index (κ3) is 2.67. The minimum absolute atomic E-state index is 0.00808. The van der Waals surface area contributed by atoms with Crippen molar-refractivity contribution in [3.05, 3.63) is 51.2 Å². The third-order valence-electron chi connectivity index (χ3n) is 4.58. The van der Waals surface area contributed by atoms with E-state index in [0.717, 1.165) is 53.7 Å². The molecule has 0 saturated carbocycles. The van der Waals surface area contributed by atoms with Gasteiger partial charge in [0, 0.05) is 37.5 Å². The SMILES string of the molecule is CC(C)c1nc2c(c(=O)[nH]1)CN(Cc1cccc3c1OCO3)CC2. The van der Waals surface area contributed by atoms with Gasteiger partial charge < -0.3 is 14.5 Å². The largest absolute Gasteiger partial charge is 0.454 e. The molecule has 0 atom stereocenters. The van der Waals surface area contributed by atoms with E-state index < -0.39 is 0 Å². The first-order chi connectivity index (χ1) is 11.6. The minimum atomic E-state index is -0.00808. The van der Waals surface area contributed by atoms with Crippen molar-refractivity contribution in [1.29, 1.82) is 0 Å². The normalized spacial score (nSPS) is 16.5. The molecule has 0 amide bonds. The number of rotatable bonds is 3. The van der Waals surface area contributed by atoms with Gasteiger partial charge in [0.25, 0.3) is 5.56 Å². The number of hydrogen-bond donors (Lipinski definition) is 1. The maximum atomic E-state index is 12.4. The summed E-state index contributed by atoms with van der Waals surface area (Å²) in [5.41, 5.74) is 2.81. The molecular weight excluding hydrogens is 306 g/mol. The molecule has 3 heterocycles. The van der Waals surface area contributed by atoms with Gasteiger partial charge in [-0.1, -0.05) is 26.0 Å². The van der Waals surface area contributed by atoms with Gasteiger partial charge in [0.2, 0.25) is 6.79 Å². The molecule has 126 valence electrons. The van der Waals surface area contributed by atoms with Crippen molar-refractivity contribution >= 4 is 0 Å². The van der Waals surface area contributed by atoms with E-state index in [4.69, 9.17) is 9.47 Å². The van der Waals surface area contributed by atoms with Crippen LogP contribution in [-0.2, 0) is 19.5 Å². The Balaban J connectivity index is 1.57. The highest BCUT2D eigenvalue weighted by Gasteiger charge is 2.24. The number of benzene rings is 1. The number of para-hydroxylation sites is 1. The van der Waals surface area contributed by atoms with Gasteiger partial charge in [-0.3, -0.25) is 9.69 Å². The van der Waals surface area contributed by atoms with Gasteiger partial charge in [0.1, 0.15) is 5.82 Å². The summed E-state index contributed by atoms with van der Waals surface area (Å²) in [5, 5.41) is 0. The Hall–Kier alpha value is -2.34. The van der Waals surface area contributed by atoms with Crippen molar-refractivity contribution < 1.29 is 9.47 Å². The Morgan fingerprint density at radius 3 is 3.04 bits per heavy atom. The molecule has 24 heavy (non-hydrogen) atoms. The number of ether oxygens (including phenoxy) is 2. The number of aromatic amines is 1. The summed E-state index contributed by atoms with van der Waals surface area (Å²) in [4.78, 5) is 22.2. The van der Waals surface area contributed by atoms with Gasteiger partial charge in [-0.05, 0) is 6.07 Å². The van der Waals surface area contributed by atoms with Crippen LogP contribution in [-0.4, -0.2) is 28.2 Å². The maximum absolute atomic E-state index is 12.4. The number of H-pyrrole nitrogens is 1. The second-order valence-electron chi connectivity index (χ2n) is 6.64. The molecule has 4 rings (SSSR count). The van der Waals surface area contributed by atoms with E-state index in [1.54, 1.807) is 0 Å². The molecule has 0 bridgehead atoms. The average Bonchev–Trinajstić information content (AvgIpc) is 3.05. The molecule has 0 radical (unpaired) electrons. The van der Waals surface area contributed by atoms with E-state index in [9.17, 15) is 4.79 Å². The first kappa shape index (κ1) is 15.2. The highest BCUT2D eigenvalue weighted by atomic mass is 16.7. The second kappa shape index (κ2) is 5.94. The number of nitrogens with one attached hydrogen (secondary N) is 1. The lowest BCUT2D eigenvalue weighted by molar-refractivity contribution is 0.171. The Morgan fingerprint density at radius 2 is 2.21 bits per heavy atom. The van der Waals surface area contributed by atoms with Crippen molar-refractivity contribution in [2.24, 2.45) is 0 Å². The lowest BCUT2D eigenvalue weighted by Crippen LogP contribution is -2.36. The van der Waals surface area contributed by atoms with Crippen LogP contribution in [0.15, 0.2) is 23.0 Å². The number of nitrogens with zero attached hydrogens (tertiary/aromatic N) is 2. The Morgan fingerprint density at radius 1 is 1.33 bits per heavy atom. The third-order valence-corrected chi connectivity index (χ3v) is 4.58. The molecule has 2 aliphatic rings. The van der Waals surface area contributed by atoms with E-state index >= 15 is 0 Å². The van der Waals surface area contributed by atoms with Crippen LogP contribution in [0.5, 0.6) is 11.5 Å². The van der Waals surface area contributed by atoms with Crippen molar-refractivity contribution in [3.63, 3.8) is 0 Å². The monoisotopic (exact) mass is 327 g/mol. The molecule has 0 saturated heterocycles. The fourth-order valence-electron chi connectivity index (χ4n) is 3.26. The summed E-state index contributed by atoms with van der Waals surface area (Å²) in [6.07, 6.45) is 0.797. The van der Waals surface area contributed by atoms with Crippen LogP contribution in [0.2, 0.25) is 0 Å². The molecule has 0 unspecified atom stereocenters. The van der Waals surface area contributed by atoms with Crippen LogP contribution in [0.3, 0.4) is 0 Å². The lowest BCUT2D eigenvalue weighted by atomic mass is 10.0. The minimum Gasteiger partial charge on any atom is -0.454 e. The quantitative estimate of drug-likeness (QED) is 0.936. The van der Waals surface area contributed by atoms with E-state index in [2.05, 4.69) is 14.9 Å². The Kier molecular flexibility index (Phi) is 3.76. The van der Waals surface area contributed by atoms with Crippen LogP contribution in [0.1, 0.15) is 42.4 Å². The Labute approximate surface area is 140 Å². The van der Waals surface area contributed by atoms with Crippen molar-refractivity contribution in [2.75, 3.05) is 13.3 Å². The molecule has 2 aliphatic heterocycles. The molecule has 1 N–H and O–H groups in total. The summed E-state index contributed by atoms with van der Waals surface area (Å²) in [7, 11) is 0. The lowest BCUT2D eigenvalue weighted by Gasteiger charge is -2.28. The molecule has 2 aromatic rings. The molecule has 0 fully saturated rings. The second-order valence-corrected chi connectivity index (χ2v) is 6.64. The van der Waals surface area contributed by atoms with E-state index in [1.807, 2.05) is 32.0 Å². The summed E-state index contributed by atoms with van der Waals surface area (Å²) < 4.78 is 11.0. The summed E-state index contributed by atoms with van der Waals surface area (Å²) in [5.74, 6) is 2.63. The first-order valence-electron chi connectivity index (χ1n) is 8.33. The van der Waals surface area contributed by atoms with Gasteiger partial charge in [-0.25, -0.2) is 4.98 Å². The van der Waals surface area contributed by atoms with Gasteiger partial charge in [0.15, 0.2) is 11.5 Å². The predicted octanol–water partition coefficient (Wildman–Crippen LogP) is 2.18. The smallest absolute Gasteiger partial charge is 0.255 e. The Bertz CT molecular complexity index is 829. The van der Waals surface area contributed by atoms with Crippen molar-refractivity contribution in [1.82, 2.24) is 14.9 Å². The van der Waals surface area contributed by atoms with Crippen LogP contribution < -0.4 is 15.0 Å². The van der Waals surface area contributed by atoms with Crippen LogP contribution in [0, 0.1) is 0 Å². The van der Waals surface area contributed by atoms with Gasteiger partial charge >= 0.3 is 0 Å². The van der Waals surface area contributed by atoms with Crippen LogP contribution in [0.4, 0.5) is 0 Å². The van der Waals surface area contributed by atoms with Gasteiger partial charge in [0.05, 0.1) is 11.3 Å². The van der Waals surface area contributed by atoms with Crippen LogP contribution in [0.25, 0.3) is 0 Å². The van der Waals surface area contributed by atoms with E-state index in [1.165, 1.54) is 0 Å². The topological polar surface area (TPSA) is 67.5 Å². The summed E-state index contributed by atoms with van der Waals surface area (Å²) in [6.45, 7) is 6.58. The number of fused-ring (bicyclic) bond motifs is 2. The zero-order valence-electron chi connectivity index (χ0n) is 14.0. The molecule has 1 aromatic carbocycles. The molecule has 0 aliphatic carbocycles. The highest BCUT2D eigenvalue weighted by molar-refractivity contribution is 5.48. The zero-order valence-corrected chi connectivity index (χ0v) is 14.0. The van der Waals surface area contributed by atoms with Gasteiger partial charge in [-0.2, -0.15) is 0 Å². The van der Waals surface area contributed by atoms with Crippen molar-refractivity contribution in [3.8, 4) is 11.5 Å². The standard InChI is InChI=1S/C18H21N3O3/c1-11(2)17-19-14-6-7-21(9-13(14)18(22)20-17)8-12-4-3-5-15-16(12)24-10-23-15/h3-5,11H,6-10H2,1-2H3,(H,19,20,22). The molecular formula is C18H21N3O3. The summed E-state index contributed by atoms with van der Waals surface area (Å²) in [6, 6.07) is 5.94.